The van der Waals surface area contributed by atoms with Gasteiger partial charge in [-0.1, -0.05) is 20.8 Å². The molecule has 1 aromatic rings. The number of thiophene rings is 1. The van der Waals surface area contributed by atoms with Crippen LogP contribution in [0.25, 0.3) is 0 Å². The molecule has 1 heterocycles. The monoisotopic (exact) mass is 229 g/mol. The first-order valence-corrected chi connectivity index (χ1v) is 6.91. The maximum atomic E-state index is 5.80. The Morgan fingerprint density at radius 1 is 1.43 bits per heavy atom. The van der Waals surface area contributed by atoms with Crippen molar-refractivity contribution < 1.29 is 0 Å². The summed E-state index contributed by atoms with van der Waals surface area (Å²) in [5.74, 6) is 0.715. The molecule has 14 heavy (non-hydrogen) atoms. The number of rotatable bonds is 5. The van der Waals surface area contributed by atoms with Gasteiger partial charge in [0.2, 0.25) is 0 Å². The molecule has 80 valence electrons. The van der Waals surface area contributed by atoms with Crippen LogP contribution in [0.1, 0.15) is 31.6 Å². The number of thioether (sulfide) groups is 1. The summed E-state index contributed by atoms with van der Waals surface area (Å²) in [5, 5.41) is 5.47. The molecule has 0 aromatic carbocycles. The van der Waals surface area contributed by atoms with Gasteiger partial charge in [0.1, 0.15) is 0 Å². The minimum Gasteiger partial charge on any atom is -0.329 e. The molecule has 0 saturated carbocycles. The number of hydrogen-bond acceptors (Lipinski definition) is 3. The Kier molecular flexibility index (Phi) is 4.99. The minimum absolute atomic E-state index is 0.471. The molecule has 2 unspecified atom stereocenters. The van der Waals surface area contributed by atoms with E-state index in [-0.39, 0.29) is 0 Å². The molecular weight excluding hydrogens is 210 g/mol. The lowest BCUT2D eigenvalue weighted by atomic mass is 10.2. The highest BCUT2D eigenvalue weighted by Crippen LogP contribution is 2.34. The topological polar surface area (TPSA) is 26.0 Å². The van der Waals surface area contributed by atoms with Crippen molar-refractivity contribution in [2.24, 2.45) is 11.7 Å². The second-order valence-corrected chi connectivity index (χ2v) is 6.23. The lowest BCUT2D eigenvalue weighted by Crippen LogP contribution is -2.15. The Hall–Kier alpha value is 0.01000. The average molecular weight is 229 g/mol. The maximum Gasteiger partial charge on any atom is 0.0430 e. The Morgan fingerprint density at radius 2 is 2.14 bits per heavy atom. The zero-order valence-corrected chi connectivity index (χ0v) is 10.7. The quantitative estimate of drug-likeness (QED) is 0.836. The molecule has 0 spiro atoms. The molecule has 0 aliphatic heterocycles. The number of hydrogen-bond donors (Lipinski definition) is 1. The molecule has 0 amide bonds. The highest BCUT2D eigenvalue weighted by molar-refractivity contribution is 8.00. The Bertz CT molecular complexity index is 244. The van der Waals surface area contributed by atoms with Crippen LogP contribution in [0.3, 0.4) is 0 Å². The van der Waals surface area contributed by atoms with Crippen molar-refractivity contribution in [3.63, 3.8) is 0 Å². The second-order valence-electron chi connectivity index (χ2n) is 3.87. The Balaban J connectivity index is 2.56. The van der Waals surface area contributed by atoms with Gasteiger partial charge >= 0.3 is 0 Å². The summed E-state index contributed by atoms with van der Waals surface area (Å²) in [6, 6.07) is 2.18. The third-order valence-electron chi connectivity index (χ3n) is 2.45. The highest BCUT2D eigenvalue weighted by atomic mass is 32.2. The van der Waals surface area contributed by atoms with Crippen LogP contribution in [-0.4, -0.2) is 11.8 Å². The van der Waals surface area contributed by atoms with Crippen molar-refractivity contribution in [2.75, 3.05) is 6.54 Å². The van der Waals surface area contributed by atoms with Gasteiger partial charge in [0, 0.05) is 17.0 Å². The van der Waals surface area contributed by atoms with Gasteiger partial charge in [-0.05, 0) is 28.3 Å². The molecule has 0 aliphatic rings. The van der Waals surface area contributed by atoms with Gasteiger partial charge < -0.3 is 5.73 Å². The SMILES string of the molecule is CC(C)C(C)SC(CN)c1ccsc1. The predicted octanol–water partition coefficient (Wildman–Crippen LogP) is 3.53. The van der Waals surface area contributed by atoms with Crippen molar-refractivity contribution >= 4 is 23.1 Å². The molecular formula is C11H19NS2. The Labute approximate surface area is 95.1 Å². The van der Waals surface area contributed by atoms with E-state index in [1.54, 1.807) is 11.3 Å². The number of nitrogens with two attached hydrogens (primary N) is 1. The van der Waals surface area contributed by atoms with Gasteiger partial charge in [-0.25, -0.2) is 0 Å². The fraction of sp³-hybridized carbons (Fsp3) is 0.636. The third kappa shape index (κ3) is 3.30. The maximum absolute atomic E-state index is 5.80. The summed E-state index contributed by atoms with van der Waals surface area (Å²) >= 11 is 3.74. The lowest BCUT2D eigenvalue weighted by molar-refractivity contribution is 0.639. The van der Waals surface area contributed by atoms with E-state index < -0.39 is 0 Å². The molecule has 0 aliphatic carbocycles. The molecule has 1 rings (SSSR count). The van der Waals surface area contributed by atoms with Crippen LogP contribution in [0.2, 0.25) is 0 Å². The van der Waals surface area contributed by atoms with E-state index >= 15 is 0 Å². The fourth-order valence-electron chi connectivity index (χ4n) is 1.14. The molecule has 0 bridgehead atoms. The van der Waals surface area contributed by atoms with Crippen molar-refractivity contribution in [3.8, 4) is 0 Å². The van der Waals surface area contributed by atoms with E-state index in [1.165, 1.54) is 5.56 Å². The van der Waals surface area contributed by atoms with Crippen LogP contribution < -0.4 is 5.73 Å². The first kappa shape index (κ1) is 12.1. The van der Waals surface area contributed by atoms with Crippen LogP contribution in [0.4, 0.5) is 0 Å². The summed E-state index contributed by atoms with van der Waals surface area (Å²) in [5.41, 5.74) is 7.18. The predicted molar refractivity (Wildman–Crippen MR) is 68.0 cm³/mol. The largest absolute Gasteiger partial charge is 0.329 e. The van der Waals surface area contributed by atoms with Crippen LogP contribution in [-0.2, 0) is 0 Å². The van der Waals surface area contributed by atoms with E-state index in [4.69, 9.17) is 5.73 Å². The van der Waals surface area contributed by atoms with Gasteiger partial charge in [0.05, 0.1) is 0 Å². The van der Waals surface area contributed by atoms with Gasteiger partial charge in [0.25, 0.3) is 0 Å². The average Bonchev–Trinajstić information content (AvgIpc) is 2.66. The van der Waals surface area contributed by atoms with E-state index in [9.17, 15) is 0 Å². The zero-order valence-electron chi connectivity index (χ0n) is 9.07. The normalized spacial score (nSPS) is 15.8. The highest BCUT2D eigenvalue weighted by Gasteiger charge is 2.16. The molecule has 0 radical (unpaired) electrons. The van der Waals surface area contributed by atoms with Crippen LogP contribution in [0.5, 0.6) is 0 Å². The molecule has 1 aromatic heterocycles. The molecule has 0 fully saturated rings. The Morgan fingerprint density at radius 3 is 2.57 bits per heavy atom. The summed E-state index contributed by atoms with van der Waals surface area (Å²) in [6.45, 7) is 7.54. The van der Waals surface area contributed by atoms with Crippen LogP contribution in [0, 0.1) is 5.92 Å². The zero-order chi connectivity index (χ0) is 10.6. The molecule has 1 nitrogen and oxygen atoms in total. The van der Waals surface area contributed by atoms with E-state index in [1.807, 2.05) is 11.8 Å². The van der Waals surface area contributed by atoms with E-state index in [0.717, 1.165) is 6.54 Å². The summed E-state index contributed by atoms with van der Waals surface area (Å²) in [4.78, 5) is 0. The summed E-state index contributed by atoms with van der Waals surface area (Å²) in [6.07, 6.45) is 0. The van der Waals surface area contributed by atoms with Crippen molar-refractivity contribution in [3.05, 3.63) is 22.4 Å². The molecule has 2 N–H and O–H groups in total. The standard InChI is InChI=1S/C11H19NS2/c1-8(2)9(3)14-11(6-12)10-4-5-13-7-10/h4-5,7-9,11H,6,12H2,1-3H3. The molecule has 3 heteroatoms. The van der Waals surface area contributed by atoms with Crippen molar-refractivity contribution in [1.82, 2.24) is 0 Å². The van der Waals surface area contributed by atoms with Crippen molar-refractivity contribution in [1.29, 1.82) is 0 Å². The second kappa shape index (κ2) is 5.79. The van der Waals surface area contributed by atoms with Crippen molar-refractivity contribution in [2.45, 2.75) is 31.3 Å². The van der Waals surface area contributed by atoms with Gasteiger partial charge in [0.15, 0.2) is 0 Å². The summed E-state index contributed by atoms with van der Waals surface area (Å²) in [7, 11) is 0. The smallest absolute Gasteiger partial charge is 0.0430 e. The fourth-order valence-corrected chi connectivity index (χ4v) is 3.19. The van der Waals surface area contributed by atoms with Gasteiger partial charge in [-0.15, -0.1) is 11.8 Å². The summed E-state index contributed by atoms with van der Waals surface area (Å²) < 4.78 is 0. The minimum atomic E-state index is 0.471. The van der Waals surface area contributed by atoms with Gasteiger partial charge in [-0.3, -0.25) is 0 Å². The van der Waals surface area contributed by atoms with Gasteiger partial charge in [-0.2, -0.15) is 11.3 Å². The molecule has 2 atom stereocenters. The molecule has 0 saturated heterocycles. The first-order valence-electron chi connectivity index (χ1n) is 5.02. The van der Waals surface area contributed by atoms with E-state index in [2.05, 4.69) is 37.6 Å². The van der Waals surface area contributed by atoms with E-state index in [0.29, 0.717) is 16.4 Å². The third-order valence-corrected chi connectivity index (χ3v) is 4.92. The van der Waals surface area contributed by atoms with Crippen LogP contribution >= 0.6 is 23.1 Å². The first-order chi connectivity index (χ1) is 6.65. The van der Waals surface area contributed by atoms with Crippen LogP contribution in [0.15, 0.2) is 16.8 Å². The lowest BCUT2D eigenvalue weighted by Gasteiger charge is -2.21.